The smallest absolute Gasteiger partial charge is 0.230 e. The van der Waals surface area contributed by atoms with Crippen LogP contribution in [-0.4, -0.2) is 21.1 Å². The van der Waals surface area contributed by atoms with Gasteiger partial charge >= 0.3 is 0 Å². The van der Waals surface area contributed by atoms with Gasteiger partial charge in [0.25, 0.3) is 0 Å². The fourth-order valence-electron chi connectivity index (χ4n) is 2.22. The quantitative estimate of drug-likeness (QED) is 0.783. The van der Waals surface area contributed by atoms with E-state index in [9.17, 15) is 4.79 Å². The number of pyridine rings is 1. The predicted molar refractivity (Wildman–Crippen MR) is 90.5 cm³/mol. The molecule has 0 bridgehead atoms. The molecule has 0 unspecified atom stereocenters. The largest absolute Gasteiger partial charge is 0.300 e. The first-order chi connectivity index (χ1) is 11.2. The second-order valence-corrected chi connectivity index (χ2v) is 6.32. The third-order valence-corrected chi connectivity index (χ3v) is 4.08. The van der Waals surface area contributed by atoms with Crippen molar-refractivity contribution in [2.75, 3.05) is 5.32 Å². The van der Waals surface area contributed by atoms with E-state index in [-0.39, 0.29) is 12.3 Å². The summed E-state index contributed by atoms with van der Waals surface area (Å²) in [7, 11) is 0. The number of rotatable bonds is 5. The second-order valence-electron chi connectivity index (χ2n) is 5.25. The summed E-state index contributed by atoms with van der Waals surface area (Å²) in [6, 6.07) is 12.0. The maximum atomic E-state index is 12.0. The van der Waals surface area contributed by atoms with E-state index in [0.29, 0.717) is 5.13 Å². The zero-order chi connectivity index (χ0) is 16.1. The number of hydrogen-bond donors (Lipinski definition) is 1. The third kappa shape index (κ3) is 4.43. The van der Waals surface area contributed by atoms with E-state index >= 15 is 0 Å². The highest BCUT2D eigenvalue weighted by Gasteiger charge is 2.09. The molecule has 0 saturated heterocycles. The zero-order valence-electron chi connectivity index (χ0n) is 12.7. The van der Waals surface area contributed by atoms with Gasteiger partial charge in [0.1, 0.15) is 5.01 Å². The average molecular weight is 324 g/mol. The summed E-state index contributed by atoms with van der Waals surface area (Å²) in [5.74, 6) is -0.115. The number of nitrogens with zero attached hydrogens (tertiary/aromatic N) is 3. The molecule has 116 valence electrons. The van der Waals surface area contributed by atoms with E-state index in [4.69, 9.17) is 0 Å². The van der Waals surface area contributed by atoms with Crippen LogP contribution in [0.5, 0.6) is 0 Å². The molecule has 3 aromatic rings. The second kappa shape index (κ2) is 7.11. The monoisotopic (exact) mass is 324 g/mol. The lowest BCUT2D eigenvalue weighted by atomic mass is 10.1. The van der Waals surface area contributed by atoms with Crippen LogP contribution in [-0.2, 0) is 17.6 Å². The molecule has 2 aromatic heterocycles. The molecule has 1 N–H and O–H groups in total. The number of nitrogens with one attached hydrogen (secondary N) is 1. The molecule has 1 aromatic carbocycles. The molecule has 0 spiro atoms. The summed E-state index contributed by atoms with van der Waals surface area (Å²) in [6.45, 7) is 2.06. The van der Waals surface area contributed by atoms with E-state index in [0.717, 1.165) is 17.0 Å². The Labute approximate surface area is 138 Å². The Morgan fingerprint density at radius 1 is 1.17 bits per heavy atom. The van der Waals surface area contributed by atoms with Crippen molar-refractivity contribution in [2.24, 2.45) is 0 Å². The molecule has 2 heterocycles. The van der Waals surface area contributed by atoms with Crippen LogP contribution in [0.3, 0.4) is 0 Å². The topological polar surface area (TPSA) is 67.8 Å². The molecule has 0 aliphatic rings. The van der Waals surface area contributed by atoms with Gasteiger partial charge in [-0.15, -0.1) is 10.2 Å². The van der Waals surface area contributed by atoms with Gasteiger partial charge < -0.3 is 5.32 Å². The number of anilines is 1. The van der Waals surface area contributed by atoms with E-state index in [2.05, 4.69) is 45.6 Å². The van der Waals surface area contributed by atoms with Gasteiger partial charge in [-0.1, -0.05) is 47.2 Å². The highest BCUT2D eigenvalue weighted by Crippen LogP contribution is 2.19. The van der Waals surface area contributed by atoms with Crippen molar-refractivity contribution in [3.8, 4) is 0 Å². The van der Waals surface area contributed by atoms with E-state index in [1.165, 1.54) is 22.5 Å². The molecule has 0 atom stereocenters. The van der Waals surface area contributed by atoms with E-state index in [1.54, 1.807) is 12.4 Å². The maximum Gasteiger partial charge on any atom is 0.230 e. The minimum atomic E-state index is -0.115. The summed E-state index contributed by atoms with van der Waals surface area (Å²) in [6.07, 6.45) is 4.37. The Morgan fingerprint density at radius 2 is 2.04 bits per heavy atom. The summed E-state index contributed by atoms with van der Waals surface area (Å²) >= 11 is 1.40. The number of carbonyl (C=O) groups excluding carboxylic acids is 1. The highest BCUT2D eigenvalue weighted by atomic mass is 32.1. The molecular formula is C17H16N4OS. The van der Waals surface area contributed by atoms with Crippen LogP contribution in [0, 0.1) is 6.92 Å². The van der Waals surface area contributed by atoms with Gasteiger partial charge in [-0.25, -0.2) is 0 Å². The number of benzene rings is 1. The van der Waals surface area contributed by atoms with Crippen molar-refractivity contribution >= 4 is 22.4 Å². The van der Waals surface area contributed by atoms with Gasteiger partial charge in [-0.2, -0.15) is 0 Å². The van der Waals surface area contributed by atoms with Crippen LogP contribution in [0.1, 0.15) is 21.7 Å². The van der Waals surface area contributed by atoms with Crippen molar-refractivity contribution in [2.45, 2.75) is 19.8 Å². The predicted octanol–water partition coefficient (Wildman–Crippen LogP) is 3.01. The number of aromatic nitrogens is 3. The molecule has 0 saturated carbocycles. The molecule has 0 fully saturated rings. The fourth-order valence-corrected chi connectivity index (χ4v) is 3.01. The van der Waals surface area contributed by atoms with Crippen molar-refractivity contribution in [1.29, 1.82) is 0 Å². The number of aryl methyl sites for hydroxylation is 1. The minimum absolute atomic E-state index is 0.115. The molecule has 3 rings (SSSR count). The summed E-state index contributed by atoms with van der Waals surface area (Å²) in [4.78, 5) is 16.0. The maximum absolute atomic E-state index is 12.0. The van der Waals surface area contributed by atoms with Gasteiger partial charge in [-0.3, -0.25) is 9.78 Å². The van der Waals surface area contributed by atoms with Gasteiger partial charge in [0.2, 0.25) is 11.0 Å². The SMILES string of the molecule is Cc1cccc(Cc2nnc(NC(=O)Cc3cccnc3)s2)c1. The standard InChI is InChI=1S/C17H16N4OS/c1-12-4-2-5-13(8-12)10-16-20-21-17(23-16)19-15(22)9-14-6-3-7-18-11-14/h2-8,11H,9-10H2,1H3,(H,19,21,22). The van der Waals surface area contributed by atoms with Crippen LogP contribution in [0.2, 0.25) is 0 Å². The number of carbonyl (C=O) groups is 1. The van der Waals surface area contributed by atoms with Crippen LogP contribution in [0.15, 0.2) is 48.8 Å². The van der Waals surface area contributed by atoms with Crippen molar-refractivity contribution in [3.05, 3.63) is 70.5 Å². The molecule has 0 radical (unpaired) electrons. The summed E-state index contributed by atoms with van der Waals surface area (Å²) in [5, 5.41) is 12.4. The molecule has 1 amide bonds. The van der Waals surface area contributed by atoms with Gasteiger partial charge in [-0.05, 0) is 24.1 Å². The molecular weight excluding hydrogens is 308 g/mol. The van der Waals surface area contributed by atoms with Gasteiger partial charge in [0, 0.05) is 18.8 Å². The lowest BCUT2D eigenvalue weighted by Crippen LogP contribution is -2.14. The molecule has 0 aliphatic heterocycles. The Kier molecular flexibility index (Phi) is 4.73. The zero-order valence-corrected chi connectivity index (χ0v) is 13.5. The molecule has 23 heavy (non-hydrogen) atoms. The van der Waals surface area contributed by atoms with Crippen LogP contribution >= 0.6 is 11.3 Å². The Morgan fingerprint density at radius 3 is 2.83 bits per heavy atom. The minimum Gasteiger partial charge on any atom is -0.300 e. The summed E-state index contributed by atoms with van der Waals surface area (Å²) < 4.78 is 0. The molecule has 6 heteroatoms. The first kappa shape index (κ1) is 15.3. The fraction of sp³-hybridized carbons (Fsp3) is 0.176. The lowest BCUT2D eigenvalue weighted by molar-refractivity contribution is -0.115. The molecule has 5 nitrogen and oxygen atoms in total. The van der Waals surface area contributed by atoms with Crippen molar-refractivity contribution in [1.82, 2.24) is 15.2 Å². The van der Waals surface area contributed by atoms with Crippen molar-refractivity contribution < 1.29 is 4.79 Å². The third-order valence-electron chi connectivity index (χ3n) is 3.24. The lowest BCUT2D eigenvalue weighted by Gasteiger charge is -2.00. The Balaban J connectivity index is 1.60. The normalized spacial score (nSPS) is 10.5. The Hall–Kier alpha value is -2.60. The number of amides is 1. The highest BCUT2D eigenvalue weighted by molar-refractivity contribution is 7.15. The van der Waals surface area contributed by atoms with E-state index < -0.39 is 0 Å². The van der Waals surface area contributed by atoms with Gasteiger partial charge in [0.15, 0.2) is 0 Å². The van der Waals surface area contributed by atoms with Crippen LogP contribution < -0.4 is 5.32 Å². The number of hydrogen-bond acceptors (Lipinski definition) is 5. The molecule has 0 aliphatic carbocycles. The summed E-state index contributed by atoms with van der Waals surface area (Å²) in [5.41, 5.74) is 3.28. The van der Waals surface area contributed by atoms with Gasteiger partial charge in [0.05, 0.1) is 6.42 Å². The average Bonchev–Trinajstić information content (AvgIpc) is 2.95. The first-order valence-corrected chi connectivity index (χ1v) is 8.07. The van der Waals surface area contributed by atoms with Crippen molar-refractivity contribution in [3.63, 3.8) is 0 Å². The Bertz CT molecular complexity index is 801. The van der Waals surface area contributed by atoms with Crippen LogP contribution in [0.4, 0.5) is 5.13 Å². The van der Waals surface area contributed by atoms with Crippen LogP contribution in [0.25, 0.3) is 0 Å². The first-order valence-electron chi connectivity index (χ1n) is 7.26. The van der Waals surface area contributed by atoms with E-state index in [1.807, 2.05) is 18.2 Å².